The predicted molar refractivity (Wildman–Crippen MR) is 84.1 cm³/mol. The van der Waals surface area contributed by atoms with Gasteiger partial charge in [0.2, 0.25) is 0 Å². The molecule has 3 rings (SSSR count). The maximum Gasteiger partial charge on any atom is 0.419 e. The molecule has 1 aliphatic carbocycles. The number of aromatic nitrogens is 2. The van der Waals surface area contributed by atoms with Crippen molar-refractivity contribution in [1.29, 1.82) is 0 Å². The molecule has 27 heavy (non-hydrogen) atoms. The molecule has 1 aromatic heterocycles. The first-order valence-electron chi connectivity index (χ1n) is 8.04. The van der Waals surface area contributed by atoms with Gasteiger partial charge >= 0.3 is 6.18 Å². The van der Waals surface area contributed by atoms with Crippen molar-refractivity contribution >= 4 is 5.91 Å². The lowest BCUT2D eigenvalue weighted by atomic mass is 10.0. The summed E-state index contributed by atoms with van der Waals surface area (Å²) in [5.41, 5.74) is -2.93. The monoisotopic (exact) mass is 387 g/mol. The normalized spacial score (nSPS) is 15.5. The minimum Gasteiger partial charge on any atom is -0.344 e. The van der Waals surface area contributed by atoms with E-state index in [9.17, 15) is 31.5 Å². The first kappa shape index (κ1) is 19.0. The summed E-state index contributed by atoms with van der Waals surface area (Å²) < 4.78 is 65.6. The molecule has 0 aliphatic heterocycles. The van der Waals surface area contributed by atoms with Gasteiger partial charge in [-0.2, -0.15) is 13.2 Å². The van der Waals surface area contributed by atoms with E-state index < -0.39 is 46.4 Å². The van der Waals surface area contributed by atoms with Crippen molar-refractivity contribution in [3.05, 3.63) is 62.8 Å². The molecule has 144 valence electrons. The van der Waals surface area contributed by atoms with Crippen LogP contribution >= 0.6 is 0 Å². The maximum atomic E-state index is 14.0. The molecule has 0 saturated heterocycles. The summed E-state index contributed by atoms with van der Waals surface area (Å²) in [6, 6.07) is 0.241. The molecule has 1 atom stereocenters. The van der Waals surface area contributed by atoms with Crippen LogP contribution in [-0.2, 0) is 6.18 Å². The van der Waals surface area contributed by atoms with Crippen LogP contribution in [0.3, 0.4) is 0 Å². The van der Waals surface area contributed by atoms with E-state index >= 15 is 0 Å². The number of carbonyl (C=O) groups is 1. The van der Waals surface area contributed by atoms with E-state index in [-0.39, 0.29) is 17.7 Å². The highest BCUT2D eigenvalue weighted by molar-refractivity contribution is 5.92. The highest BCUT2D eigenvalue weighted by atomic mass is 19.4. The minimum absolute atomic E-state index is 0.0456. The van der Waals surface area contributed by atoms with Crippen LogP contribution in [0.2, 0.25) is 0 Å². The van der Waals surface area contributed by atoms with Crippen LogP contribution in [0.5, 0.6) is 0 Å². The van der Waals surface area contributed by atoms with Crippen LogP contribution in [-0.4, -0.2) is 15.9 Å². The molecular formula is C17H14F5N3O2. The van der Waals surface area contributed by atoms with Gasteiger partial charge < -0.3 is 10.3 Å². The summed E-state index contributed by atoms with van der Waals surface area (Å²) >= 11 is 0. The summed E-state index contributed by atoms with van der Waals surface area (Å²) in [7, 11) is 0. The summed E-state index contributed by atoms with van der Waals surface area (Å²) in [4.78, 5) is 30.5. The van der Waals surface area contributed by atoms with Crippen molar-refractivity contribution in [1.82, 2.24) is 15.3 Å². The number of aromatic amines is 1. The summed E-state index contributed by atoms with van der Waals surface area (Å²) in [5, 5.41) is 2.31. The topological polar surface area (TPSA) is 74.8 Å². The fraction of sp³-hybridized carbons (Fsp3) is 0.353. The van der Waals surface area contributed by atoms with E-state index in [1.165, 1.54) is 6.92 Å². The van der Waals surface area contributed by atoms with E-state index in [4.69, 9.17) is 0 Å². The number of rotatable bonds is 4. The van der Waals surface area contributed by atoms with Crippen molar-refractivity contribution in [2.24, 2.45) is 0 Å². The van der Waals surface area contributed by atoms with Gasteiger partial charge in [0.15, 0.2) is 0 Å². The second-order valence-electron chi connectivity index (χ2n) is 6.34. The number of benzene rings is 1. The van der Waals surface area contributed by atoms with Crippen LogP contribution < -0.4 is 10.9 Å². The van der Waals surface area contributed by atoms with E-state index in [2.05, 4.69) is 15.3 Å². The molecule has 1 aromatic carbocycles. The van der Waals surface area contributed by atoms with Gasteiger partial charge in [0.25, 0.3) is 11.5 Å². The second kappa shape index (κ2) is 6.75. The Hall–Kier alpha value is -2.78. The van der Waals surface area contributed by atoms with Crippen molar-refractivity contribution < 1.29 is 26.7 Å². The average Bonchev–Trinajstić information content (AvgIpc) is 3.39. The Morgan fingerprint density at radius 3 is 2.48 bits per heavy atom. The molecular weight excluding hydrogens is 373 g/mol. The van der Waals surface area contributed by atoms with Gasteiger partial charge in [-0.15, -0.1) is 0 Å². The van der Waals surface area contributed by atoms with Crippen molar-refractivity contribution in [3.63, 3.8) is 0 Å². The molecule has 0 spiro atoms. The molecule has 1 fully saturated rings. The van der Waals surface area contributed by atoms with Crippen molar-refractivity contribution in [2.45, 2.75) is 37.9 Å². The molecule has 0 radical (unpaired) electrons. The van der Waals surface area contributed by atoms with Crippen LogP contribution in [0.4, 0.5) is 22.0 Å². The number of nitrogens with zero attached hydrogens (tertiary/aromatic N) is 1. The fourth-order valence-corrected chi connectivity index (χ4v) is 2.60. The Balaban J connectivity index is 1.83. The largest absolute Gasteiger partial charge is 0.419 e. The molecule has 1 amide bonds. The standard InChI is InChI=1S/C17H14F5N3O2/c1-7(9-4-12(19)10(5-11(9)18)17(20,21)22)23-16(27)13-6-14(26)25-15(24-13)8-2-3-8/h4-8H,2-3H2,1H3,(H,23,27)(H,24,25,26)/t7-/m1/s1. The summed E-state index contributed by atoms with van der Waals surface area (Å²) in [6.07, 6.45) is -3.37. The number of nitrogens with one attached hydrogen (secondary N) is 2. The predicted octanol–water partition coefficient (Wildman–Crippen LogP) is 3.44. The Morgan fingerprint density at radius 1 is 1.22 bits per heavy atom. The number of alkyl halides is 3. The highest BCUT2D eigenvalue weighted by Gasteiger charge is 2.35. The zero-order chi connectivity index (χ0) is 19.9. The Bertz CT molecular complexity index is 951. The minimum atomic E-state index is -5.04. The van der Waals surface area contributed by atoms with Gasteiger partial charge in [-0.1, -0.05) is 0 Å². The molecule has 10 heteroatoms. The van der Waals surface area contributed by atoms with Gasteiger partial charge in [0.05, 0.1) is 11.6 Å². The van der Waals surface area contributed by atoms with Crippen LogP contribution in [0, 0.1) is 11.6 Å². The first-order valence-corrected chi connectivity index (χ1v) is 8.04. The van der Waals surface area contributed by atoms with Crippen molar-refractivity contribution in [2.75, 3.05) is 0 Å². The quantitative estimate of drug-likeness (QED) is 0.790. The number of H-pyrrole nitrogens is 1. The third-order valence-corrected chi connectivity index (χ3v) is 4.16. The van der Waals surface area contributed by atoms with Gasteiger partial charge in [0.1, 0.15) is 23.2 Å². The summed E-state index contributed by atoms with van der Waals surface area (Å²) in [5.74, 6) is -3.34. The molecule has 1 aliphatic rings. The second-order valence-corrected chi connectivity index (χ2v) is 6.34. The lowest BCUT2D eigenvalue weighted by molar-refractivity contribution is -0.140. The van der Waals surface area contributed by atoms with Gasteiger partial charge in [-0.05, 0) is 31.9 Å². The van der Waals surface area contributed by atoms with E-state index in [0.29, 0.717) is 11.9 Å². The van der Waals surface area contributed by atoms with E-state index in [1.807, 2.05) is 0 Å². The Morgan fingerprint density at radius 2 is 1.89 bits per heavy atom. The maximum absolute atomic E-state index is 14.0. The van der Waals surface area contributed by atoms with Gasteiger partial charge in [0, 0.05) is 17.5 Å². The smallest absolute Gasteiger partial charge is 0.344 e. The fourth-order valence-electron chi connectivity index (χ4n) is 2.60. The van der Waals surface area contributed by atoms with Crippen LogP contribution in [0.15, 0.2) is 23.0 Å². The molecule has 2 N–H and O–H groups in total. The van der Waals surface area contributed by atoms with Crippen LogP contribution in [0.25, 0.3) is 0 Å². The number of carbonyl (C=O) groups excluding carboxylic acids is 1. The van der Waals surface area contributed by atoms with E-state index in [1.54, 1.807) is 0 Å². The Kier molecular flexibility index (Phi) is 4.75. The third-order valence-electron chi connectivity index (χ3n) is 4.16. The number of amides is 1. The summed E-state index contributed by atoms with van der Waals surface area (Å²) in [6.45, 7) is 1.28. The number of halogens is 5. The molecule has 0 bridgehead atoms. The lowest BCUT2D eigenvalue weighted by Gasteiger charge is -2.17. The average molecular weight is 387 g/mol. The van der Waals surface area contributed by atoms with Crippen molar-refractivity contribution in [3.8, 4) is 0 Å². The molecule has 1 heterocycles. The van der Waals surface area contributed by atoms with E-state index in [0.717, 1.165) is 18.9 Å². The number of hydrogen-bond donors (Lipinski definition) is 2. The Labute approximate surface area is 149 Å². The first-order chi connectivity index (χ1) is 12.6. The van der Waals surface area contributed by atoms with Crippen LogP contribution in [0.1, 0.15) is 59.2 Å². The number of hydrogen-bond acceptors (Lipinski definition) is 3. The molecule has 0 unspecified atom stereocenters. The molecule has 1 saturated carbocycles. The molecule has 2 aromatic rings. The highest BCUT2D eigenvalue weighted by Crippen LogP contribution is 2.37. The third kappa shape index (κ3) is 4.15. The lowest BCUT2D eigenvalue weighted by Crippen LogP contribution is -2.30. The zero-order valence-corrected chi connectivity index (χ0v) is 14.0. The SMILES string of the molecule is C[C@@H](NC(=O)c1cc(=O)[nH]c(C2CC2)n1)c1cc(F)c(C(F)(F)F)cc1F. The van der Waals surface area contributed by atoms with Gasteiger partial charge in [-0.3, -0.25) is 9.59 Å². The molecule has 5 nitrogen and oxygen atoms in total. The zero-order valence-electron chi connectivity index (χ0n) is 14.0. The van der Waals surface area contributed by atoms with Gasteiger partial charge in [-0.25, -0.2) is 13.8 Å².